The van der Waals surface area contributed by atoms with Gasteiger partial charge in [-0.3, -0.25) is 9.59 Å². The molecule has 1 aromatic heterocycles. The van der Waals surface area contributed by atoms with Crippen LogP contribution in [0.15, 0.2) is 12.1 Å². The van der Waals surface area contributed by atoms with Crippen LogP contribution in [0, 0.1) is 0 Å². The fourth-order valence-electron chi connectivity index (χ4n) is 0.832. The lowest BCUT2D eigenvalue weighted by Gasteiger charge is -1.97. The monoisotopic (exact) mass is 183 g/mol. The summed E-state index contributed by atoms with van der Waals surface area (Å²) >= 11 is 5.49. The fraction of sp³-hybridized carbons (Fsp3) is 0.125. The highest BCUT2D eigenvalue weighted by Crippen LogP contribution is 2.05. The average molecular weight is 184 g/mol. The topological polar surface area (TPSA) is 47.0 Å². The molecule has 0 saturated carbocycles. The Hall–Kier alpha value is -1.22. The van der Waals surface area contributed by atoms with E-state index in [1.54, 1.807) is 6.07 Å². The van der Waals surface area contributed by atoms with Crippen molar-refractivity contribution in [1.29, 1.82) is 0 Å². The maximum absolute atomic E-state index is 10.4. The third-order valence-electron chi connectivity index (χ3n) is 1.31. The molecule has 3 nitrogen and oxygen atoms in total. The van der Waals surface area contributed by atoms with Crippen molar-refractivity contribution < 1.29 is 9.59 Å². The smallest absolute Gasteiger partial charge is 0.168 e. The minimum Gasteiger partial charge on any atom is -0.298 e. The molecule has 0 aromatic carbocycles. The second kappa shape index (κ2) is 3.97. The van der Waals surface area contributed by atoms with Gasteiger partial charge in [0, 0.05) is 5.56 Å². The van der Waals surface area contributed by atoms with Crippen LogP contribution in [0.25, 0.3) is 0 Å². The van der Waals surface area contributed by atoms with Gasteiger partial charge in [-0.2, -0.15) is 0 Å². The van der Waals surface area contributed by atoms with Crippen molar-refractivity contribution in [1.82, 2.24) is 4.98 Å². The van der Waals surface area contributed by atoms with Crippen LogP contribution < -0.4 is 0 Å². The van der Waals surface area contributed by atoms with Crippen LogP contribution in [-0.4, -0.2) is 17.6 Å². The summed E-state index contributed by atoms with van der Waals surface area (Å²) in [7, 11) is 0. The number of aldehydes is 2. The van der Waals surface area contributed by atoms with Crippen LogP contribution >= 0.6 is 11.6 Å². The Morgan fingerprint density at radius 2 is 2.08 bits per heavy atom. The van der Waals surface area contributed by atoms with Gasteiger partial charge in [0.25, 0.3) is 0 Å². The highest BCUT2D eigenvalue weighted by atomic mass is 35.5. The Labute approximate surface area is 74.4 Å². The van der Waals surface area contributed by atoms with Gasteiger partial charge in [-0.05, 0) is 12.1 Å². The van der Waals surface area contributed by atoms with Gasteiger partial charge in [-0.1, -0.05) is 0 Å². The first kappa shape index (κ1) is 8.87. The number of carbonyl (C=O) groups excluding carboxylic acids is 2. The minimum absolute atomic E-state index is 0.197. The summed E-state index contributed by atoms with van der Waals surface area (Å²) in [5.41, 5.74) is 1.18. The largest absolute Gasteiger partial charge is 0.298 e. The number of hydrogen-bond acceptors (Lipinski definition) is 3. The van der Waals surface area contributed by atoms with Gasteiger partial charge in [-0.15, -0.1) is 11.6 Å². The van der Waals surface area contributed by atoms with Gasteiger partial charge in [0.05, 0.1) is 11.6 Å². The summed E-state index contributed by atoms with van der Waals surface area (Å²) in [6.45, 7) is 0. The number of rotatable bonds is 3. The van der Waals surface area contributed by atoms with Crippen molar-refractivity contribution in [3.05, 3.63) is 29.1 Å². The molecule has 1 aromatic rings. The zero-order chi connectivity index (χ0) is 8.97. The van der Waals surface area contributed by atoms with E-state index < -0.39 is 0 Å². The molecule has 1 rings (SSSR count). The molecule has 12 heavy (non-hydrogen) atoms. The normalized spacial score (nSPS) is 9.42. The Balaban J connectivity index is 3.18. The minimum atomic E-state index is 0.197. The van der Waals surface area contributed by atoms with Crippen LogP contribution in [0.2, 0.25) is 0 Å². The predicted molar refractivity (Wildman–Crippen MR) is 44.6 cm³/mol. The molecule has 0 spiro atoms. The van der Waals surface area contributed by atoms with Crippen molar-refractivity contribution in [2.24, 2.45) is 0 Å². The van der Waals surface area contributed by atoms with Crippen LogP contribution in [0.4, 0.5) is 0 Å². The molecule has 0 aliphatic carbocycles. The number of aromatic nitrogens is 1. The van der Waals surface area contributed by atoms with E-state index >= 15 is 0 Å². The third-order valence-corrected chi connectivity index (χ3v) is 1.59. The van der Waals surface area contributed by atoms with E-state index in [9.17, 15) is 9.59 Å². The Morgan fingerprint density at radius 1 is 1.33 bits per heavy atom. The summed E-state index contributed by atoms with van der Waals surface area (Å²) in [6.07, 6.45) is 1.24. The molecule has 0 saturated heterocycles. The van der Waals surface area contributed by atoms with Gasteiger partial charge in [-0.25, -0.2) is 4.98 Å². The van der Waals surface area contributed by atoms with Crippen LogP contribution in [-0.2, 0) is 5.88 Å². The van der Waals surface area contributed by atoms with Crippen LogP contribution in [0.3, 0.4) is 0 Å². The number of halogens is 1. The van der Waals surface area contributed by atoms with Crippen molar-refractivity contribution in [3.8, 4) is 0 Å². The molecule has 0 N–H and O–H groups in total. The quantitative estimate of drug-likeness (QED) is 0.526. The fourth-order valence-corrected chi connectivity index (χ4v) is 0.969. The van der Waals surface area contributed by atoms with E-state index in [1.807, 2.05) is 0 Å². The molecule has 0 atom stereocenters. The Morgan fingerprint density at radius 3 is 2.58 bits per heavy atom. The van der Waals surface area contributed by atoms with E-state index in [0.29, 0.717) is 23.8 Å². The first-order valence-corrected chi connectivity index (χ1v) is 3.81. The molecular weight excluding hydrogens is 178 g/mol. The van der Waals surface area contributed by atoms with Gasteiger partial charge in [0.1, 0.15) is 12.0 Å². The standard InChI is InChI=1S/C8H6ClNO2/c9-3-7-1-6(4-11)2-8(5-12)10-7/h1-2,4-5H,3H2. The van der Waals surface area contributed by atoms with Gasteiger partial charge in [0.2, 0.25) is 0 Å². The summed E-state index contributed by atoms with van der Waals surface area (Å²) in [5, 5.41) is 0. The van der Waals surface area contributed by atoms with Crippen molar-refractivity contribution >= 4 is 24.2 Å². The van der Waals surface area contributed by atoms with E-state index in [2.05, 4.69) is 4.98 Å². The van der Waals surface area contributed by atoms with E-state index in [1.165, 1.54) is 6.07 Å². The van der Waals surface area contributed by atoms with E-state index in [4.69, 9.17) is 11.6 Å². The average Bonchev–Trinajstić information content (AvgIpc) is 2.16. The zero-order valence-electron chi connectivity index (χ0n) is 6.16. The number of nitrogens with zero attached hydrogens (tertiary/aromatic N) is 1. The van der Waals surface area contributed by atoms with Crippen molar-refractivity contribution in [2.75, 3.05) is 0 Å². The molecule has 0 aliphatic heterocycles. The molecular formula is C8H6ClNO2. The lowest BCUT2D eigenvalue weighted by molar-refractivity contribution is 0.111. The summed E-state index contributed by atoms with van der Waals surface area (Å²) in [5.74, 6) is 0.197. The maximum Gasteiger partial charge on any atom is 0.168 e. The lowest BCUT2D eigenvalue weighted by Crippen LogP contribution is -1.95. The second-order valence-corrected chi connectivity index (χ2v) is 2.45. The third kappa shape index (κ3) is 1.89. The van der Waals surface area contributed by atoms with Gasteiger partial charge < -0.3 is 0 Å². The van der Waals surface area contributed by atoms with E-state index in [0.717, 1.165) is 0 Å². The highest BCUT2D eigenvalue weighted by Gasteiger charge is 1.99. The zero-order valence-corrected chi connectivity index (χ0v) is 6.91. The summed E-state index contributed by atoms with van der Waals surface area (Å²) in [6, 6.07) is 2.96. The first-order valence-electron chi connectivity index (χ1n) is 3.27. The lowest BCUT2D eigenvalue weighted by atomic mass is 10.2. The molecule has 4 heteroatoms. The predicted octanol–water partition coefficient (Wildman–Crippen LogP) is 1.45. The van der Waals surface area contributed by atoms with Gasteiger partial charge in [0.15, 0.2) is 6.29 Å². The van der Waals surface area contributed by atoms with Crippen LogP contribution in [0.5, 0.6) is 0 Å². The molecule has 0 unspecified atom stereocenters. The SMILES string of the molecule is O=Cc1cc(C=O)nc(CCl)c1. The van der Waals surface area contributed by atoms with Gasteiger partial charge >= 0.3 is 0 Å². The molecule has 0 radical (unpaired) electrons. The summed E-state index contributed by atoms with van der Waals surface area (Å²) < 4.78 is 0. The first-order chi connectivity index (χ1) is 5.80. The Bertz CT molecular complexity index is 286. The molecule has 0 bridgehead atoms. The molecule has 62 valence electrons. The molecule has 1 heterocycles. The molecule has 0 aliphatic rings. The highest BCUT2D eigenvalue weighted by molar-refractivity contribution is 6.16. The number of hydrogen-bond donors (Lipinski definition) is 0. The second-order valence-electron chi connectivity index (χ2n) is 2.19. The van der Waals surface area contributed by atoms with Crippen molar-refractivity contribution in [3.63, 3.8) is 0 Å². The maximum atomic E-state index is 10.4. The number of alkyl halides is 1. The van der Waals surface area contributed by atoms with E-state index in [-0.39, 0.29) is 11.6 Å². The Kier molecular flexibility index (Phi) is 2.94. The number of pyridine rings is 1. The summed E-state index contributed by atoms with van der Waals surface area (Å²) in [4.78, 5) is 24.5. The van der Waals surface area contributed by atoms with Crippen molar-refractivity contribution in [2.45, 2.75) is 5.88 Å². The molecule has 0 amide bonds. The van der Waals surface area contributed by atoms with Crippen LogP contribution in [0.1, 0.15) is 26.5 Å². The number of carbonyl (C=O) groups is 2. The molecule has 0 fully saturated rings.